The molecule has 0 radical (unpaired) electrons. The largest absolute Gasteiger partial charge is 0.392 e. The van der Waals surface area contributed by atoms with Crippen LogP contribution < -0.4 is 5.32 Å². The molecule has 3 atom stereocenters. The first-order valence-electron chi connectivity index (χ1n) is 7.50. The summed E-state index contributed by atoms with van der Waals surface area (Å²) in [6, 6.07) is -0.0357. The number of likely N-dealkylation sites (tertiary alicyclic amines) is 1. The Morgan fingerprint density at radius 3 is 2.84 bits per heavy atom. The number of amides is 1. The van der Waals surface area contributed by atoms with Crippen LogP contribution in [0.25, 0.3) is 0 Å². The van der Waals surface area contributed by atoms with Gasteiger partial charge in [-0.1, -0.05) is 6.92 Å². The van der Waals surface area contributed by atoms with Crippen molar-refractivity contribution in [2.75, 3.05) is 39.3 Å². The molecule has 2 N–H and O–H groups in total. The average Bonchev–Trinajstić information content (AvgIpc) is 2.39. The SMILES string of the molecule is CC1NCCN(CCCN2CC[C@H](C)[C@H](O)C2)C1=O. The van der Waals surface area contributed by atoms with Crippen molar-refractivity contribution in [1.82, 2.24) is 15.1 Å². The Hall–Kier alpha value is -0.650. The van der Waals surface area contributed by atoms with Crippen LogP contribution in [0.5, 0.6) is 0 Å². The van der Waals surface area contributed by atoms with E-state index in [1.807, 2.05) is 11.8 Å². The molecule has 19 heavy (non-hydrogen) atoms. The Balaban J connectivity index is 1.67. The Morgan fingerprint density at radius 1 is 1.32 bits per heavy atom. The first-order valence-corrected chi connectivity index (χ1v) is 7.50. The zero-order valence-corrected chi connectivity index (χ0v) is 12.1. The Bertz CT molecular complexity index is 311. The van der Waals surface area contributed by atoms with Gasteiger partial charge in [-0.05, 0) is 38.8 Å². The van der Waals surface area contributed by atoms with Crippen molar-refractivity contribution in [1.29, 1.82) is 0 Å². The molecule has 2 rings (SSSR count). The molecule has 1 unspecified atom stereocenters. The number of β-amino-alcohol motifs (C(OH)–C–C–N with tert-alkyl or cyclic N) is 1. The van der Waals surface area contributed by atoms with Crippen LogP contribution in [-0.4, -0.2) is 72.2 Å². The number of carbonyl (C=O) groups excluding carboxylic acids is 1. The number of carbonyl (C=O) groups is 1. The van der Waals surface area contributed by atoms with Gasteiger partial charge in [0, 0.05) is 26.2 Å². The minimum Gasteiger partial charge on any atom is -0.392 e. The van der Waals surface area contributed by atoms with Crippen molar-refractivity contribution in [3.8, 4) is 0 Å². The number of piperazine rings is 1. The molecule has 0 aromatic heterocycles. The number of nitrogens with zero attached hydrogens (tertiary/aromatic N) is 2. The molecule has 2 heterocycles. The second-order valence-electron chi connectivity index (χ2n) is 5.99. The van der Waals surface area contributed by atoms with Gasteiger partial charge in [-0.25, -0.2) is 0 Å². The maximum atomic E-state index is 11.9. The molecule has 0 spiro atoms. The highest BCUT2D eigenvalue weighted by atomic mass is 16.3. The van der Waals surface area contributed by atoms with E-state index in [9.17, 15) is 9.90 Å². The summed E-state index contributed by atoms with van der Waals surface area (Å²) >= 11 is 0. The van der Waals surface area contributed by atoms with Crippen molar-refractivity contribution in [3.63, 3.8) is 0 Å². The Labute approximate surface area is 115 Å². The first-order chi connectivity index (χ1) is 9.08. The second-order valence-corrected chi connectivity index (χ2v) is 5.99. The van der Waals surface area contributed by atoms with Crippen molar-refractivity contribution in [2.24, 2.45) is 5.92 Å². The normalized spacial score (nSPS) is 33.7. The number of hydrogen-bond acceptors (Lipinski definition) is 4. The molecule has 0 saturated carbocycles. The van der Waals surface area contributed by atoms with Crippen LogP contribution in [0.3, 0.4) is 0 Å². The molecule has 2 aliphatic rings. The molecule has 0 bridgehead atoms. The van der Waals surface area contributed by atoms with Crippen LogP contribution in [0.1, 0.15) is 26.7 Å². The number of rotatable bonds is 4. The summed E-state index contributed by atoms with van der Waals surface area (Å²) in [5, 5.41) is 13.0. The van der Waals surface area contributed by atoms with E-state index in [0.29, 0.717) is 5.92 Å². The van der Waals surface area contributed by atoms with Gasteiger partial charge in [-0.15, -0.1) is 0 Å². The van der Waals surface area contributed by atoms with Gasteiger partial charge in [-0.2, -0.15) is 0 Å². The molecule has 0 aromatic carbocycles. The summed E-state index contributed by atoms with van der Waals surface area (Å²) in [4.78, 5) is 16.2. The summed E-state index contributed by atoms with van der Waals surface area (Å²) in [6.45, 7) is 9.44. The van der Waals surface area contributed by atoms with E-state index in [0.717, 1.165) is 52.1 Å². The van der Waals surface area contributed by atoms with Gasteiger partial charge in [0.05, 0.1) is 12.1 Å². The molecule has 2 aliphatic heterocycles. The summed E-state index contributed by atoms with van der Waals surface area (Å²) < 4.78 is 0. The lowest BCUT2D eigenvalue weighted by Crippen LogP contribution is -2.54. The second kappa shape index (κ2) is 6.68. The third-order valence-corrected chi connectivity index (χ3v) is 4.42. The molecule has 2 fully saturated rings. The smallest absolute Gasteiger partial charge is 0.239 e. The molecule has 5 heteroatoms. The van der Waals surface area contributed by atoms with Crippen molar-refractivity contribution >= 4 is 5.91 Å². The van der Waals surface area contributed by atoms with E-state index < -0.39 is 0 Å². The van der Waals surface area contributed by atoms with Crippen LogP contribution in [-0.2, 0) is 4.79 Å². The summed E-state index contributed by atoms with van der Waals surface area (Å²) in [6.07, 6.45) is 1.89. The van der Waals surface area contributed by atoms with Crippen LogP contribution in [0.2, 0.25) is 0 Å². The number of aliphatic hydroxyl groups is 1. The Morgan fingerprint density at radius 2 is 2.11 bits per heavy atom. The van der Waals surface area contributed by atoms with Gasteiger partial charge in [0.25, 0.3) is 0 Å². The third kappa shape index (κ3) is 3.91. The topological polar surface area (TPSA) is 55.8 Å². The fourth-order valence-electron chi connectivity index (χ4n) is 2.91. The molecule has 5 nitrogen and oxygen atoms in total. The van der Waals surface area contributed by atoms with E-state index in [1.165, 1.54) is 0 Å². The fourth-order valence-corrected chi connectivity index (χ4v) is 2.91. The maximum Gasteiger partial charge on any atom is 0.239 e. The average molecular weight is 269 g/mol. The highest BCUT2D eigenvalue weighted by Gasteiger charge is 2.26. The lowest BCUT2D eigenvalue weighted by atomic mass is 9.96. The molecule has 0 aliphatic carbocycles. The molecular formula is C14H27N3O2. The van der Waals surface area contributed by atoms with Gasteiger partial charge in [0.2, 0.25) is 5.91 Å². The number of aliphatic hydroxyl groups excluding tert-OH is 1. The van der Waals surface area contributed by atoms with Crippen LogP contribution in [0.4, 0.5) is 0 Å². The number of hydrogen-bond donors (Lipinski definition) is 2. The molecule has 2 saturated heterocycles. The fraction of sp³-hybridized carbons (Fsp3) is 0.929. The van der Waals surface area contributed by atoms with E-state index in [-0.39, 0.29) is 18.1 Å². The summed E-state index contributed by atoms with van der Waals surface area (Å²) in [5.74, 6) is 0.644. The lowest BCUT2D eigenvalue weighted by Gasteiger charge is -2.35. The van der Waals surface area contributed by atoms with Crippen molar-refractivity contribution < 1.29 is 9.90 Å². The predicted octanol–water partition coefficient (Wildman–Crippen LogP) is -0.100. The van der Waals surface area contributed by atoms with Crippen molar-refractivity contribution in [2.45, 2.75) is 38.8 Å². The molecule has 0 aromatic rings. The monoisotopic (exact) mass is 269 g/mol. The molecule has 110 valence electrons. The van der Waals surface area contributed by atoms with Gasteiger partial charge in [0.15, 0.2) is 0 Å². The van der Waals surface area contributed by atoms with Crippen LogP contribution >= 0.6 is 0 Å². The quantitative estimate of drug-likeness (QED) is 0.748. The van der Waals surface area contributed by atoms with E-state index in [2.05, 4.69) is 17.1 Å². The molecule has 1 amide bonds. The third-order valence-electron chi connectivity index (χ3n) is 4.42. The lowest BCUT2D eigenvalue weighted by molar-refractivity contribution is -0.135. The summed E-state index contributed by atoms with van der Waals surface area (Å²) in [7, 11) is 0. The van der Waals surface area contributed by atoms with E-state index in [4.69, 9.17) is 0 Å². The number of piperidine rings is 1. The highest BCUT2D eigenvalue weighted by molar-refractivity contribution is 5.82. The van der Waals surface area contributed by atoms with Crippen LogP contribution in [0.15, 0.2) is 0 Å². The predicted molar refractivity (Wildman–Crippen MR) is 74.9 cm³/mol. The Kier molecular flexibility index (Phi) is 5.19. The minimum atomic E-state index is -0.186. The summed E-state index contributed by atoms with van der Waals surface area (Å²) in [5.41, 5.74) is 0. The van der Waals surface area contributed by atoms with Gasteiger partial charge >= 0.3 is 0 Å². The van der Waals surface area contributed by atoms with Gasteiger partial charge in [0.1, 0.15) is 0 Å². The van der Waals surface area contributed by atoms with E-state index in [1.54, 1.807) is 0 Å². The zero-order chi connectivity index (χ0) is 13.8. The van der Waals surface area contributed by atoms with Crippen molar-refractivity contribution in [3.05, 3.63) is 0 Å². The maximum absolute atomic E-state index is 11.9. The zero-order valence-electron chi connectivity index (χ0n) is 12.1. The van der Waals surface area contributed by atoms with Gasteiger partial charge < -0.3 is 20.2 Å². The molecular weight excluding hydrogens is 242 g/mol. The first kappa shape index (κ1) is 14.8. The van der Waals surface area contributed by atoms with Crippen LogP contribution in [0, 0.1) is 5.92 Å². The number of nitrogens with one attached hydrogen (secondary N) is 1. The minimum absolute atomic E-state index is 0.0357. The van der Waals surface area contributed by atoms with E-state index >= 15 is 0 Å². The highest BCUT2D eigenvalue weighted by Crippen LogP contribution is 2.17. The standard InChI is InChI=1S/C14H27N3O2/c1-11-4-8-16(10-13(11)18)6-3-7-17-9-5-15-12(2)14(17)19/h11-13,15,18H,3-10H2,1-2H3/t11-,12?,13+/m0/s1. The van der Waals surface area contributed by atoms with Gasteiger partial charge in [-0.3, -0.25) is 4.79 Å².